The van der Waals surface area contributed by atoms with Crippen LogP contribution in [0.25, 0.3) is 0 Å². The van der Waals surface area contributed by atoms with E-state index in [1.165, 1.54) is 6.20 Å². The second kappa shape index (κ2) is 3.95. The van der Waals surface area contributed by atoms with Crippen molar-refractivity contribution in [2.24, 2.45) is 5.41 Å². The summed E-state index contributed by atoms with van der Waals surface area (Å²) in [5.41, 5.74) is 1.40. The van der Waals surface area contributed by atoms with Crippen LogP contribution in [0.4, 0.5) is 0 Å². The number of esters is 1. The fourth-order valence-corrected chi connectivity index (χ4v) is 2.09. The summed E-state index contributed by atoms with van der Waals surface area (Å²) in [5.74, 6) is -0.345. The molecule has 0 N–H and O–H groups in total. The number of carbonyl (C=O) groups excluding carboxylic acids is 2. The van der Waals surface area contributed by atoms with Gasteiger partial charge < -0.3 is 4.74 Å². The molecular weight excluding hydrogens is 218 g/mol. The predicted molar refractivity (Wildman–Crippen MR) is 62.0 cm³/mol. The highest BCUT2D eigenvalue weighted by Gasteiger charge is 2.38. The van der Waals surface area contributed by atoms with Gasteiger partial charge in [-0.3, -0.25) is 4.79 Å². The van der Waals surface area contributed by atoms with E-state index in [-0.39, 0.29) is 11.5 Å². The van der Waals surface area contributed by atoms with Crippen LogP contribution in [0.15, 0.2) is 12.3 Å². The third-order valence-electron chi connectivity index (χ3n) is 2.97. The number of Topliss-reactive ketones (excluding diaryl/α,β-unsaturated/α-hetero) is 1. The quantitative estimate of drug-likeness (QED) is 0.733. The lowest BCUT2D eigenvalue weighted by Gasteiger charge is -2.12. The largest absolute Gasteiger partial charge is 0.461 e. The number of ether oxygens (including phenoxy) is 1. The molecule has 1 heterocycles. The Hall–Kier alpha value is -1.71. The first-order valence-corrected chi connectivity index (χ1v) is 5.66. The van der Waals surface area contributed by atoms with Crippen molar-refractivity contribution >= 4 is 11.8 Å². The van der Waals surface area contributed by atoms with E-state index < -0.39 is 11.4 Å². The minimum absolute atomic E-state index is 0.0930. The van der Waals surface area contributed by atoms with Gasteiger partial charge in [-0.1, -0.05) is 13.8 Å². The lowest BCUT2D eigenvalue weighted by atomic mass is 9.89. The molecule has 0 saturated heterocycles. The van der Waals surface area contributed by atoms with E-state index in [1.807, 2.05) is 13.8 Å². The molecular formula is C13H15NO3. The molecule has 17 heavy (non-hydrogen) atoms. The average Bonchev–Trinajstić information content (AvgIpc) is 2.49. The van der Waals surface area contributed by atoms with Crippen LogP contribution in [0.3, 0.4) is 0 Å². The first kappa shape index (κ1) is 11.8. The Morgan fingerprint density at radius 2 is 2.24 bits per heavy atom. The van der Waals surface area contributed by atoms with Gasteiger partial charge in [-0.05, 0) is 25.0 Å². The third-order valence-corrected chi connectivity index (χ3v) is 2.97. The lowest BCUT2D eigenvalue weighted by molar-refractivity contribution is 0.0519. The maximum absolute atomic E-state index is 12.0. The van der Waals surface area contributed by atoms with Crippen molar-refractivity contribution in [1.82, 2.24) is 4.98 Å². The zero-order chi connectivity index (χ0) is 12.6. The fourth-order valence-electron chi connectivity index (χ4n) is 2.09. The number of hydrogen-bond acceptors (Lipinski definition) is 4. The first-order valence-electron chi connectivity index (χ1n) is 5.66. The van der Waals surface area contributed by atoms with Crippen LogP contribution in [0.5, 0.6) is 0 Å². The van der Waals surface area contributed by atoms with Crippen LogP contribution in [0.1, 0.15) is 47.2 Å². The van der Waals surface area contributed by atoms with E-state index in [1.54, 1.807) is 13.0 Å². The Kier molecular flexibility index (Phi) is 2.73. The summed E-state index contributed by atoms with van der Waals surface area (Å²) in [5, 5.41) is 0. The van der Waals surface area contributed by atoms with Gasteiger partial charge in [-0.15, -0.1) is 0 Å². The molecule has 0 unspecified atom stereocenters. The predicted octanol–water partition coefficient (Wildman–Crippen LogP) is 2.02. The number of aromatic nitrogens is 1. The van der Waals surface area contributed by atoms with Gasteiger partial charge in [0.2, 0.25) is 0 Å². The Morgan fingerprint density at radius 1 is 1.53 bits per heavy atom. The lowest BCUT2D eigenvalue weighted by Crippen LogP contribution is -2.18. The molecule has 90 valence electrons. The molecule has 0 atom stereocenters. The summed E-state index contributed by atoms with van der Waals surface area (Å²) < 4.78 is 4.88. The van der Waals surface area contributed by atoms with Gasteiger partial charge in [-0.2, -0.15) is 0 Å². The first-order chi connectivity index (χ1) is 7.95. The molecule has 2 rings (SSSR count). The van der Waals surface area contributed by atoms with Gasteiger partial charge >= 0.3 is 5.97 Å². The highest BCUT2D eigenvalue weighted by atomic mass is 16.5. The van der Waals surface area contributed by atoms with Crippen LogP contribution in [0, 0.1) is 5.41 Å². The zero-order valence-electron chi connectivity index (χ0n) is 10.2. The molecule has 0 saturated carbocycles. The second-order valence-corrected chi connectivity index (χ2v) is 4.84. The zero-order valence-corrected chi connectivity index (χ0v) is 10.2. The minimum Gasteiger partial charge on any atom is -0.461 e. The van der Waals surface area contributed by atoms with Crippen molar-refractivity contribution < 1.29 is 14.3 Å². The van der Waals surface area contributed by atoms with E-state index in [0.29, 0.717) is 18.6 Å². The van der Waals surface area contributed by atoms with Crippen molar-refractivity contribution in [2.75, 3.05) is 6.61 Å². The number of fused-ring (bicyclic) bond motifs is 1. The molecule has 4 heteroatoms. The van der Waals surface area contributed by atoms with E-state index >= 15 is 0 Å². The molecule has 1 aromatic heterocycles. The second-order valence-electron chi connectivity index (χ2n) is 4.84. The van der Waals surface area contributed by atoms with E-state index in [9.17, 15) is 9.59 Å². The molecule has 4 nitrogen and oxygen atoms in total. The van der Waals surface area contributed by atoms with E-state index in [0.717, 1.165) is 5.56 Å². The van der Waals surface area contributed by atoms with Crippen LogP contribution in [0.2, 0.25) is 0 Å². The van der Waals surface area contributed by atoms with Gasteiger partial charge in [0.25, 0.3) is 0 Å². The SMILES string of the molecule is CCOC(=O)c1cc2c(cn1)C(=O)C(C)(C)C2. The summed E-state index contributed by atoms with van der Waals surface area (Å²) in [6.07, 6.45) is 2.13. The molecule has 1 aromatic rings. The van der Waals surface area contributed by atoms with Crippen molar-refractivity contribution in [3.05, 3.63) is 29.1 Å². The Bertz CT molecular complexity index is 491. The Morgan fingerprint density at radius 3 is 2.88 bits per heavy atom. The summed E-state index contributed by atoms with van der Waals surface area (Å²) >= 11 is 0. The fraction of sp³-hybridized carbons (Fsp3) is 0.462. The summed E-state index contributed by atoms with van der Waals surface area (Å²) in [4.78, 5) is 27.5. The number of hydrogen-bond donors (Lipinski definition) is 0. The highest BCUT2D eigenvalue weighted by molar-refractivity contribution is 6.04. The van der Waals surface area contributed by atoms with Crippen LogP contribution < -0.4 is 0 Å². The molecule has 0 aliphatic heterocycles. The number of carbonyl (C=O) groups is 2. The number of ketones is 1. The standard InChI is InChI=1S/C13H15NO3/c1-4-17-12(16)10-5-8-6-13(2,3)11(15)9(8)7-14-10/h5,7H,4,6H2,1-3H3. The number of nitrogens with zero attached hydrogens (tertiary/aromatic N) is 1. The van der Waals surface area contributed by atoms with Crippen LogP contribution >= 0.6 is 0 Å². The number of rotatable bonds is 2. The van der Waals surface area contributed by atoms with Gasteiger partial charge in [0, 0.05) is 17.2 Å². The molecule has 0 radical (unpaired) electrons. The molecule has 0 aromatic carbocycles. The summed E-state index contributed by atoms with van der Waals surface area (Å²) in [6, 6.07) is 1.67. The van der Waals surface area contributed by atoms with Crippen molar-refractivity contribution in [3.63, 3.8) is 0 Å². The monoisotopic (exact) mass is 233 g/mol. The smallest absolute Gasteiger partial charge is 0.356 e. The molecule has 0 bridgehead atoms. The van der Waals surface area contributed by atoms with Crippen LogP contribution in [-0.2, 0) is 11.2 Å². The molecule has 0 fully saturated rings. The van der Waals surface area contributed by atoms with Gasteiger partial charge in [0.15, 0.2) is 5.78 Å². The summed E-state index contributed by atoms with van der Waals surface area (Å²) in [6.45, 7) is 5.87. The third kappa shape index (κ3) is 1.95. The van der Waals surface area contributed by atoms with Gasteiger partial charge in [-0.25, -0.2) is 9.78 Å². The normalized spacial score (nSPS) is 16.8. The maximum Gasteiger partial charge on any atom is 0.356 e. The topological polar surface area (TPSA) is 56.3 Å². The Labute approximate surface area is 100 Å². The van der Waals surface area contributed by atoms with Gasteiger partial charge in [0.1, 0.15) is 5.69 Å². The highest BCUT2D eigenvalue weighted by Crippen LogP contribution is 2.35. The average molecular weight is 233 g/mol. The van der Waals surface area contributed by atoms with Crippen molar-refractivity contribution in [1.29, 1.82) is 0 Å². The molecule has 1 aliphatic rings. The molecule has 0 spiro atoms. The van der Waals surface area contributed by atoms with Crippen molar-refractivity contribution in [3.8, 4) is 0 Å². The molecule has 1 aliphatic carbocycles. The van der Waals surface area contributed by atoms with E-state index in [4.69, 9.17) is 4.74 Å². The van der Waals surface area contributed by atoms with Gasteiger partial charge in [0.05, 0.1) is 6.61 Å². The van der Waals surface area contributed by atoms with Crippen LogP contribution in [-0.4, -0.2) is 23.3 Å². The van der Waals surface area contributed by atoms with E-state index in [2.05, 4.69) is 4.98 Å². The molecule has 0 amide bonds. The minimum atomic E-state index is -0.438. The summed E-state index contributed by atoms with van der Waals surface area (Å²) in [7, 11) is 0. The van der Waals surface area contributed by atoms with Crippen molar-refractivity contribution in [2.45, 2.75) is 27.2 Å². The Balaban J connectivity index is 2.36. The number of pyridine rings is 1. The maximum atomic E-state index is 12.0.